The number of amides is 3. The Kier molecular flexibility index (Phi) is 8.36. The topological polar surface area (TPSA) is 102 Å². The van der Waals surface area contributed by atoms with Crippen LogP contribution in [0.1, 0.15) is 36.7 Å². The van der Waals surface area contributed by atoms with E-state index in [1.54, 1.807) is 31.2 Å². The van der Waals surface area contributed by atoms with Crippen LogP contribution < -0.4 is 10.1 Å². The van der Waals surface area contributed by atoms with Crippen LogP contribution in [-0.4, -0.2) is 47.2 Å². The molecule has 10 heteroatoms. The highest BCUT2D eigenvalue weighted by atomic mass is 35.5. The third-order valence-electron chi connectivity index (χ3n) is 4.49. The highest BCUT2D eigenvalue weighted by Crippen LogP contribution is 2.34. The molecule has 0 aliphatic carbocycles. The first-order chi connectivity index (χ1) is 16.2. The van der Waals surface area contributed by atoms with Crippen LogP contribution in [0.5, 0.6) is 5.75 Å². The largest absolute Gasteiger partial charge is 0.490 e. The third kappa shape index (κ3) is 6.18. The van der Waals surface area contributed by atoms with Crippen LogP contribution in [0.15, 0.2) is 47.4 Å². The van der Waals surface area contributed by atoms with E-state index < -0.39 is 29.6 Å². The number of hydrogen-bond donors (Lipinski definition) is 1. The summed E-state index contributed by atoms with van der Waals surface area (Å²) in [5, 5.41) is 2.19. The molecule has 1 N–H and O–H groups in total. The summed E-state index contributed by atoms with van der Waals surface area (Å²) in [4.78, 5) is 50.8. The van der Waals surface area contributed by atoms with Gasteiger partial charge in [-0.2, -0.15) is 0 Å². The number of rotatable bonds is 8. The zero-order valence-corrected chi connectivity index (χ0v) is 20.4. The lowest BCUT2D eigenvalue weighted by Crippen LogP contribution is -2.36. The molecule has 0 spiro atoms. The summed E-state index contributed by atoms with van der Waals surface area (Å²) in [7, 11) is 0. The standard InChI is InChI=1S/C24H23ClN2O6S/c1-4-32-23(30)17-12-16(9-10-18(17)25)26-21(28)13-27-22(29)20(34-24(27)31)11-15-7-5-6-8-19(15)33-14(2)3/h5-12,14H,4,13H2,1-3H3,(H,26,28)/b20-11-. The summed E-state index contributed by atoms with van der Waals surface area (Å²) in [6.45, 7) is 5.13. The van der Waals surface area contributed by atoms with Crippen molar-refractivity contribution in [1.29, 1.82) is 0 Å². The number of hydrogen-bond acceptors (Lipinski definition) is 7. The molecule has 1 aliphatic heterocycles. The summed E-state index contributed by atoms with van der Waals surface area (Å²) in [6, 6.07) is 11.5. The lowest BCUT2D eigenvalue weighted by molar-refractivity contribution is -0.127. The maximum atomic E-state index is 12.8. The van der Waals surface area contributed by atoms with Crippen LogP contribution in [-0.2, 0) is 14.3 Å². The van der Waals surface area contributed by atoms with E-state index in [1.165, 1.54) is 18.2 Å². The van der Waals surface area contributed by atoms with Crippen LogP contribution >= 0.6 is 23.4 Å². The average Bonchev–Trinajstić information content (AvgIpc) is 3.03. The Balaban J connectivity index is 1.72. The average molecular weight is 503 g/mol. The Bertz CT molecular complexity index is 1160. The Morgan fingerprint density at radius 3 is 2.62 bits per heavy atom. The first-order valence-corrected chi connectivity index (χ1v) is 11.7. The summed E-state index contributed by atoms with van der Waals surface area (Å²) in [5.74, 6) is -1.22. The molecule has 1 saturated heterocycles. The van der Waals surface area contributed by atoms with E-state index in [0.29, 0.717) is 11.3 Å². The van der Waals surface area contributed by atoms with Gasteiger partial charge in [0.25, 0.3) is 11.1 Å². The van der Waals surface area contributed by atoms with Crippen molar-refractivity contribution >= 4 is 58.1 Å². The minimum Gasteiger partial charge on any atom is -0.490 e. The van der Waals surface area contributed by atoms with Crippen molar-refractivity contribution in [3.8, 4) is 5.75 Å². The fraction of sp³-hybridized carbons (Fsp3) is 0.250. The number of nitrogens with one attached hydrogen (secondary N) is 1. The minimum atomic E-state index is -0.624. The van der Waals surface area contributed by atoms with E-state index in [0.717, 1.165) is 16.7 Å². The van der Waals surface area contributed by atoms with Gasteiger partial charge in [-0.3, -0.25) is 19.3 Å². The second-order valence-electron chi connectivity index (χ2n) is 7.44. The molecule has 1 fully saturated rings. The lowest BCUT2D eigenvalue weighted by Gasteiger charge is -2.14. The van der Waals surface area contributed by atoms with Crippen molar-refractivity contribution in [3.63, 3.8) is 0 Å². The Morgan fingerprint density at radius 1 is 1.18 bits per heavy atom. The van der Waals surface area contributed by atoms with E-state index in [-0.39, 0.29) is 33.9 Å². The molecule has 2 aromatic carbocycles. The Hall–Kier alpha value is -3.30. The van der Waals surface area contributed by atoms with Gasteiger partial charge in [0.15, 0.2) is 0 Å². The van der Waals surface area contributed by atoms with Gasteiger partial charge in [0, 0.05) is 11.3 Å². The summed E-state index contributed by atoms with van der Waals surface area (Å²) >= 11 is 6.78. The Labute approximate surface area is 206 Å². The predicted octanol–water partition coefficient (Wildman–Crippen LogP) is 4.98. The lowest BCUT2D eigenvalue weighted by atomic mass is 10.2. The Morgan fingerprint density at radius 2 is 1.91 bits per heavy atom. The minimum absolute atomic E-state index is 0.0643. The SMILES string of the molecule is CCOC(=O)c1cc(NC(=O)CN2C(=O)S/C(=C\c3ccccc3OC(C)C)C2=O)ccc1Cl. The first kappa shape index (κ1) is 25.3. The van der Waals surface area contributed by atoms with Crippen molar-refractivity contribution in [2.24, 2.45) is 0 Å². The van der Waals surface area contributed by atoms with Gasteiger partial charge >= 0.3 is 5.97 Å². The van der Waals surface area contributed by atoms with Gasteiger partial charge in [0.2, 0.25) is 5.91 Å². The molecule has 1 aliphatic rings. The van der Waals surface area contributed by atoms with Gasteiger partial charge in [-0.05, 0) is 62.9 Å². The van der Waals surface area contributed by atoms with Crippen molar-refractivity contribution in [1.82, 2.24) is 4.90 Å². The van der Waals surface area contributed by atoms with E-state index in [2.05, 4.69) is 5.32 Å². The van der Waals surface area contributed by atoms with Gasteiger partial charge in [-0.25, -0.2) is 4.79 Å². The number of halogens is 1. The van der Waals surface area contributed by atoms with Crippen molar-refractivity contribution in [3.05, 3.63) is 63.5 Å². The van der Waals surface area contributed by atoms with Crippen LogP contribution in [0.2, 0.25) is 5.02 Å². The number of benzene rings is 2. The smallest absolute Gasteiger partial charge is 0.339 e. The van der Waals surface area contributed by atoms with Crippen molar-refractivity contribution < 1.29 is 28.7 Å². The fourth-order valence-electron chi connectivity index (χ4n) is 3.05. The monoisotopic (exact) mass is 502 g/mol. The fourth-order valence-corrected chi connectivity index (χ4v) is 4.07. The molecule has 0 bridgehead atoms. The first-order valence-electron chi connectivity index (χ1n) is 10.5. The van der Waals surface area contributed by atoms with Gasteiger partial charge in [-0.15, -0.1) is 0 Å². The second-order valence-corrected chi connectivity index (χ2v) is 8.84. The van der Waals surface area contributed by atoms with Gasteiger partial charge < -0.3 is 14.8 Å². The quantitative estimate of drug-likeness (QED) is 0.401. The molecule has 0 radical (unpaired) electrons. The van der Waals surface area contributed by atoms with E-state index in [4.69, 9.17) is 21.1 Å². The van der Waals surface area contributed by atoms with E-state index in [9.17, 15) is 19.2 Å². The van der Waals surface area contributed by atoms with E-state index in [1.807, 2.05) is 19.9 Å². The van der Waals surface area contributed by atoms with Crippen molar-refractivity contribution in [2.75, 3.05) is 18.5 Å². The molecule has 178 valence electrons. The van der Waals surface area contributed by atoms with Gasteiger partial charge in [-0.1, -0.05) is 29.8 Å². The molecule has 3 amide bonds. The number of ether oxygens (including phenoxy) is 2. The van der Waals surface area contributed by atoms with Gasteiger partial charge in [0.1, 0.15) is 12.3 Å². The number of nitrogens with zero attached hydrogens (tertiary/aromatic N) is 1. The molecule has 34 heavy (non-hydrogen) atoms. The number of carbonyl (C=O) groups excluding carboxylic acids is 4. The highest BCUT2D eigenvalue weighted by Gasteiger charge is 2.36. The van der Waals surface area contributed by atoms with Crippen LogP contribution in [0.25, 0.3) is 6.08 Å². The molecule has 8 nitrogen and oxygen atoms in total. The number of esters is 1. The number of imide groups is 1. The maximum absolute atomic E-state index is 12.8. The van der Waals surface area contributed by atoms with Crippen LogP contribution in [0.4, 0.5) is 10.5 Å². The normalized spacial score (nSPS) is 14.6. The van der Waals surface area contributed by atoms with Crippen LogP contribution in [0, 0.1) is 0 Å². The number of para-hydroxylation sites is 1. The zero-order chi connectivity index (χ0) is 24.8. The molecular weight excluding hydrogens is 480 g/mol. The number of thioether (sulfide) groups is 1. The zero-order valence-electron chi connectivity index (χ0n) is 18.8. The van der Waals surface area contributed by atoms with Gasteiger partial charge in [0.05, 0.1) is 28.2 Å². The molecule has 1 heterocycles. The number of carbonyl (C=O) groups is 4. The molecular formula is C24H23ClN2O6S. The second kappa shape index (κ2) is 11.2. The predicted molar refractivity (Wildman–Crippen MR) is 131 cm³/mol. The van der Waals surface area contributed by atoms with E-state index >= 15 is 0 Å². The summed E-state index contributed by atoms with van der Waals surface area (Å²) in [6.07, 6.45) is 1.51. The molecule has 0 atom stereocenters. The molecule has 0 aromatic heterocycles. The molecule has 2 aromatic rings. The third-order valence-corrected chi connectivity index (χ3v) is 5.73. The number of anilines is 1. The van der Waals surface area contributed by atoms with Crippen LogP contribution in [0.3, 0.4) is 0 Å². The summed E-state index contributed by atoms with van der Waals surface area (Å²) in [5.41, 5.74) is 1.02. The van der Waals surface area contributed by atoms with Crippen molar-refractivity contribution in [2.45, 2.75) is 26.9 Å². The molecule has 3 rings (SSSR count). The molecule has 0 unspecified atom stereocenters. The molecule has 0 saturated carbocycles. The highest BCUT2D eigenvalue weighted by molar-refractivity contribution is 8.18. The maximum Gasteiger partial charge on any atom is 0.339 e. The summed E-state index contributed by atoms with van der Waals surface area (Å²) < 4.78 is 10.7.